The number of aromatic nitrogens is 2. The molecule has 5 heteroatoms. The zero-order valence-corrected chi connectivity index (χ0v) is 10.0. The van der Waals surface area contributed by atoms with Crippen molar-refractivity contribution in [3.05, 3.63) is 41.3 Å². The molecule has 0 spiro atoms. The molecule has 0 amide bonds. The predicted molar refractivity (Wildman–Crippen MR) is 62.5 cm³/mol. The lowest BCUT2D eigenvalue weighted by Gasteiger charge is -2.14. The van der Waals surface area contributed by atoms with Crippen molar-refractivity contribution in [2.45, 2.75) is 19.5 Å². The van der Waals surface area contributed by atoms with Crippen molar-refractivity contribution in [3.63, 3.8) is 0 Å². The molecule has 0 saturated carbocycles. The van der Waals surface area contributed by atoms with Crippen LogP contribution in [-0.4, -0.2) is 16.6 Å². The molecule has 1 N–H and O–H groups in total. The van der Waals surface area contributed by atoms with Gasteiger partial charge in [0.1, 0.15) is 17.6 Å². The number of nitrogens with one attached hydrogen (secondary N) is 1. The largest absolute Gasteiger partial charge is 0.448 e. The molecule has 0 aromatic carbocycles. The average Bonchev–Trinajstić information content (AvgIpc) is 2.89. The Balaban J connectivity index is 2.36. The van der Waals surface area contributed by atoms with Gasteiger partial charge in [0.2, 0.25) is 0 Å². The first-order valence-corrected chi connectivity index (χ1v) is 5.57. The quantitative estimate of drug-likeness (QED) is 0.891. The molecule has 2 aromatic rings. The molecular weight excluding hydrogens is 226 g/mol. The summed E-state index contributed by atoms with van der Waals surface area (Å²) < 4.78 is 7.48. The number of imidazole rings is 1. The fraction of sp³-hybridized carbons (Fsp3) is 0.364. The van der Waals surface area contributed by atoms with E-state index < -0.39 is 0 Å². The highest BCUT2D eigenvalue weighted by atomic mass is 35.5. The summed E-state index contributed by atoms with van der Waals surface area (Å²) >= 11 is 5.77. The van der Waals surface area contributed by atoms with Gasteiger partial charge in [0.05, 0.1) is 0 Å². The zero-order chi connectivity index (χ0) is 11.5. The van der Waals surface area contributed by atoms with Crippen LogP contribution in [0.1, 0.15) is 24.6 Å². The minimum Gasteiger partial charge on any atom is -0.448 e. The van der Waals surface area contributed by atoms with Gasteiger partial charge in [0, 0.05) is 18.9 Å². The summed E-state index contributed by atoms with van der Waals surface area (Å²) in [5, 5.41) is 3.57. The maximum atomic E-state index is 5.77. The monoisotopic (exact) mass is 239 g/mol. The SMILES string of the molecule is CCn1ccnc1C(NC)c1ccc(Cl)o1. The number of hydrogen-bond donors (Lipinski definition) is 1. The van der Waals surface area contributed by atoms with Crippen LogP contribution in [0.5, 0.6) is 0 Å². The van der Waals surface area contributed by atoms with E-state index >= 15 is 0 Å². The van der Waals surface area contributed by atoms with Gasteiger partial charge in [-0.2, -0.15) is 0 Å². The van der Waals surface area contributed by atoms with E-state index in [-0.39, 0.29) is 6.04 Å². The highest BCUT2D eigenvalue weighted by Gasteiger charge is 2.20. The van der Waals surface area contributed by atoms with Crippen LogP contribution in [0.3, 0.4) is 0 Å². The maximum absolute atomic E-state index is 5.77. The molecule has 0 aliphatic carbocycles. The van der Waals surface area contributed by atoms with Crippen molar-refractivity contribution in [3.8, 4) is 0 Å². The smallest absolute Gasteiger partial charge is 0.193 e. The number of aryl methyl sites for hydroxylation is 1. The Labute approximate surface area is 99.2 Å². The van der Waals surface area contributed by atoms with Crippen molar-refractivity contribution in [2.24, 2.45) is 0 Å². The molecule has 0 bridgehead atoms. The zero-order valence-electron chi connectivity index (χ0n) is 9.27. The van der Waals surface area contributed by atoms with Gasteiger partial charge in [-0.25, -0.2) is 4.98 Å². The molecule has 0 fully saturated rings. The lowest BCUT2D eigenvalue weighted by atomic mass is 10.2. The minimum absolute atomic E-state index is 0.0672. The van der Waals surface area contributed by atoms with Crippen LogP contribution < -0.4 is 5.32 Å². The Morgan fingerprint density at radius 3 is 2.94 bits per heavy atom. The van der Waals surface area contributed by atoms with Crippen LogP contribution in [0, 0.1) is 0 Å². The van der Waals surface area contributed by atoms with Crippen molar-refractivity contribution in [1.29, 1.82) is 0 Å². The molecule has 2 rings (SSSR count). The first-order valence-electron chi connectivity index (χ1n) is 5.19. The van der Waals surface area contributed by atoms with Crippen molar-refractivity contribution in [1.82, 2.24) is 14.9 Å². The summed E-state index contributed by atoms with van der Waals surface area (Å²) in [5.74, 6) is 1.70. The third-order valence-corrected chi connectivity index (χ3v) is 2.72. The van der Waals surface area contributed by atoms with E-state index in [1.807, 2.05) is 19.3 Å². The summed E-state index contributed by atoms with van der Waals surface area (Å²) in [6.07, 6.45) is 3.73. The van der Waals surface area contributed by atoms with Gasteiger partial charge >= 0.3 is 0 Å². The van der Waals surface area contributed by atoms with Gasteiger partial charge in [-0.3, -0.25) is 0 Å². The van der Waals surface area contributed by atoms with Gasteiger partial charge in [-0.15, -0.1) is 0 Å². The van der Waals surface area contributed by atoms with Crippen LogP contribution in [0.4, 0.5) is 0 Å². The minimum atomic E-state index is -0.0672. The van der Waals surface area contributed by atoms with Crippen molar-refractivity contribution < 1.29 is 4.42 Å². The second-order valence-electron chi connectivity index (χ2n) is 3.44. The summed E-state index contributed by atoms with van der Waals surface area (Å²) in [7, 11) is 1.87. The van der Waals surface area contributed by atoms with E-state index in [9.17, 15) is 0 Å². The first kappa shape index (κ1) is 11.2. The molecule has 16 heavy (non-hydrogen) atoms. The molecule has 0 saturated heterocycles. The molecule has 0 radical (unpaired) electrons. The third kappa shape index (κ3) is 1.99. The Bertz CT molecular complexity index is 463. The van der Waals surface area contributed by atoms with E-state index in [1.165, 1.54) is 0 Å². The Kier molecular flexibility index (Phi) is 3.31. The molecule has 2 heterocycles. The van der Waals surface area contributed by atoms with Crippen LogP contribution in [0.25, 0.3) is 0 Å². The van der Waals surface area contributed by atoms with E-state index in [0.29, 0.717) is 5.22 Å². The number of nitrogens with zero attached hydrogens (tertiary/aromatic N) is 2. The second kappa shape index (κ2) is 4.72. The highest BCUT2D eigenvalue weighted by molar-refractivity contribution is 6.28. The van der Waals surface area contributed by atoms with Crippen LogP contribution in [-0.2, 0) is 6.54 Å². The predicted octanol–water partition coefficient (Wildman–Crippen LogP) is 2.46. The van der Waals surface area contributed by atoms with Crippen LogP contribution >= 0.6 is 11.6 Å². The van der Waals surface area contributed by atoms with Crippen LogP contribution in [0.15, 0.2) is 28.9 Å². The van der Waals surface area contributed by atoms with Crippen LogP contribution in [0.2, 0.25) is 5.22 Å². The molecule has 0 aliphatic rings. The molecule has 2 aromatic heterocycles. The maximum Gasteiger partial charge on any atom is 0.193 e. The Morgan fingerprint density at radius 2 is 2.38 bits per heavy atom. The summed E-state index contributed by atoms with van der Waals surface area (Å²) in [5.41, 5.74) is 0. The van der Waals surface area contributed by atoms with E-state index in [0.717, 1.165) is 18.1 Å². The number of furan rings is 1. The number of hydrogen-bond acceptors (Lipinski definition) is 3. The second-order valence-corrected chi connectivity index (χ2v) is 3.81. The summed E-state index contributed by atoms with van der Waals surface area (Å²) in [6.45, 7) is 2.95. The highest BCUT2D eigenvalue weighted by Crippen LogP contribution is 2.24. The number of rotatable bonds is 4. The fourth-order valence-electron chi connectivity index (χ4n) is 1.73. The molecule has 1 atom stereocenters. The lowest BCUT2D eigenvalue weighted by molar-refractivity contribution is 0.445. The lowest BCUT2D eigenvalue weighted by Crippen LogP contribution is -2.21. The van der Waals surface area contributed by atoms with Crippen molar-refractivity contribution in [2.75, 3.05) is 7.05 Å². The van der Waals surface area contributed by atoms with Crippen molar-refractivity contribution >= 4 is 11.6 Å². The molecule has 86 valence electrons. The summed E-state index contributed by atoms with van der Waals surface area (Å²) in [4.78, 5) is 4.34. The van der Waals surface area contributed by atoms with Gasteiger partial charge in [-0.05, 0) is 37.7 Å². The Hall–Kier alpha value is -1.26. The molecule has 0 aliphatic heterocycles. The fourth-order valence-corrected chi connectivity index (χ4v) is 1.88. The Morgan fingerprint density at radius 1 is 1.56 bits per heavy atom. The topological polar surface area (TPSA) is 43.0 Å². The average molecular weight is 240 g/mol. The molecule has 4 nitrogen and oxygen atoms in total. The molecule has 1 unspecified atom stereocenters. The third-order valence-electron chi connectivity index (χ3n) is 2.51. The van der Waals surface area contributed by atoms with Gasteiger partial charge < -0.3 is 14.3 Å². The van der Waals surface area contributed by atoms with Gasteiger partial charge in [0.15, 0.2) is 5.22 Å². The first-order chi connectivity index (χ1) is 7.76. The van der Waals surface area contributed by atoms with E-state index in [2.05, 4.69) is 21.8 Å². The molecular formula is C11H14ClN3O. The van der Waals surface area contributed by atoms with E-state index in [4.69, 9.17) is 16.0 Å². The standard InChI is InChI=1S/C11H14ClN3O/c1-3-15-7-6-14-11(15)10(13-2)8-4-5-9(12)16-8/h4-7,10,13H,3H2,1-2H3. The van der Waals surface area contributed by atoms with Gasteiger partial charge in [-0.1, -0.05) is 0 Å². The number of halogens is 1. The normalized spacial score (nSPS) is 12.9. The summed E-state index contributed by atoms with van der Waals surface area (Å²) in [6, 6.07) is 3.53. The van der Waals surface area contributed by atoms with E-state index in [1.54, 1.807) is 12.3 Å². The van der Waals surface area contributed by atoms with Gasteiger partial charge in [0.25, 0.3) is 0 Å².